The van der Waals surface area contributed by atoms with Crippen molar-refractivity contribution in [1.29, 1.82) is 0 Å². The van der Waals surface area contributed by atoms with Gasteiger partial charge < -0.3 is 20.9 Å². The van der Waals surface area contributed by atoms with Crippen molar-refractivity contribution in [3.63, 3.8) is 0 Å². The van der Waals surface area contributed by atoms with Crippen molar-refractivity contribution in [2.24, 2.45) is 22.9 Å². The van der Waals surface area contributed by atoms with Gasteiger partial charge in [-0.15, -0.1) is 0 Å². The Morgan fingerprint density at radius 1 is 0.667 bits per heavy atom. The molecule has 0 aliphatic carbocycles. The summed E-state index contributed by atoms with van der Waals surface area (Å²) < 4.78 is 10.1. The van der Waals surface area contributed by atoms with Crippen LogP contribution in [0.2, 0.25) is 0 Å². The Bertz CT molecular complexity index is 310. The number of carbonyl (C=O) groups excluding carboxylic acids is 2. The molecule has 8 N–H and O–H groups in total. The van der Waals surface area contributed by atoms with Crippen LogP contribution < -0.4 is 22.9 Å². The fourth-order valence-corrected chi connectivity index (χ4v) is 2.10. The molecule has 0 aromatic rings. The number of unbranched alkanes of at least 4 members (excludes halogenated alkanes) is 3. The third-order valence-corrected chi connectivity index (χ3v) is 3.46. The van der Waals surface area contributed by atoms with Crippen LogP contribution in [0, 0.1) is 0 Å². The van der Waals surface area contributed by atoms with Crippen LogP contribution in [0.1, 0.15) is 64.2 Å². The summed E-state index contributed by atoms with van der Waals surface area (Å²) in [6, 6.07) is 0. The lowest BCUT2D eigenvalue weighted by molar-refractivity contribution is -0.150. The minimum Gasteiger partial charge on any atom is -0.447 e. The lowest BCUT2D eigenvalue weighted by atomic mass is 10.1. The molecule has 8 nitrogen and oxygen atoms in total. The fourth-order valence-electron chi connectivity index (χ4n) is 2.10. The van der Waals surface area contributed by atoms with Crippen LogP contribution in [-0.4, -0.2) is 37.5 Å². The van der Waals surface area contributed by atoms with E-state index < -0.39 is 12.5 Å². The molecule has 0 radical (unpaired) electrons. The molecule has 142 valence electrons. The Morgan fingerprint density at radius 3 is 1.38 bits per heavy atom. The highest BCUT2D eigenvalue weighted by Crippen LogP contribution is 2.09. The van der Waals surface area contributed by atoms with E-state index in [0.29, 0.717) is 51.6 Å². The summed E-state index contributed by atoms with van der Waals surface area (Å²) in [6.07, 6.45) is 5.30. The molecule has 0 aromatic carbocycles. The molecular formula is C16H34N4O4. The van der Waals surface area contributed by atoms with Gasteiger partial charge in [-0.2, -0.15) is 0 Å². The summed E-state index contributed by atoms with van der Waals surface area (Å²) in [5.41, 5.74) is 22.0. The van der Waals surface area contributed by atoms with Gasteiger partial charge in [-0.3, -0.25) is 21.1 Å². The van der Waals surface area contributed by atoms with Crippen LogP contribution in [0.3, 0.4) is 0 Å². The second kappa shape index (κ2) is 15.3. The van der Waals surface area contributed by atoms with Gasteiger partial charge in [0.1, 0.15) is 0 Å². The molecule has 0 bridgehead atoms. The molecule has 0 amide bonds. The summed E-state index contributed by atoms with van der Waals surface area (Å²) in [5, 5.41) is 0. The van der Waals surface area contributed by atoms with Crippen molar-refractivity contribution in [3.8, 4) is 0 Å². The predicted molar refractivity (Wildman–Crippen MR) is 92.4 cm³/mol. The Kier molecular flexibility index (Phi) is 14.5. The van der Waals surface area contributed by atoms with Gasteiger partial charge in [0, 0.05) is 12.8 Å². The topological polar surface area (TPSA) is 157 Å². The highest BCUT2D eigenvalue weighted by atomic mass is 16.6. The number of ether oxygens (including phenoxy) is 2. The Labute approximate surface area is 144 Å². The SMILES string of the molecule is NCCCC(N)OC(=O)CCCCCCC(=O)OC(N)CCCN. The largest absolute Gasteiger partial charge is 0.447 e. The Balaban J connectivity index is 3.52. The first kappa shape index (κ1) is 22.8. The standard InChI is InChI=1S/C16H34N4O4/c17-11-5-7-13(19)23-15(21)9-3-1-2-4-10-16(22)24-14(20)8-6-12-18/h13-14H,1-12,17-20H2. The maximum atomic E-state index is 11.5. The number of hydrogen-bond donors (Lipinski definition) is 4. The van der Waals surface area contributed by atoms with E-state index in [1.165, 1.54) is 0 Å². The number of hydrogen-bond acceptors (Lipinski definition) is 8. The number of carbonyl (C=O) groups is 2. The highest BCUT2D eigenvalue weighted by molar-refractivity contribution is 5.69. The second-order valence-corrected chi connectivity index (χ2v) is 5.83. The van der Waals surface area contributed by atoms with Gasteiger partial charge in [-0.25, -0.2) is 0 Å². The third kappa shape index (κ3) is 14.4. The highest BCUT2D eigenvalue weighted by Gasteiger charge is 2.10. The molecule has 0 heterocycles. The number of esters is 2. The molecule has 0 aliphatic heterocycles. The quantitative estimate of drug-likeness (QED) is 0.189. The third-order valence-electron chi connectivity index (χ3n) is 3.46. The predicted octanol–water partition coefficient (Wildman–Crippen LogP) is 0.461. The first-order valence-corrected chi connectivity index (χ1v) is 8.79. The average Bonchev–Trinajstić information content (AvgIpc) is 2.54. The zero-order valence-electron chi connectivity index (χ0n) is 14.6. The Hall–Kier alpha value is -1.22. The lowest BCUT2D eigenvalue weighted by Crippen LogP contribution is -2.27. The van der Waals surface area contributed by atoms with Gasteiger partial charge in [0.2, 0.25) is 0 Å². The molecule has 0 aliphatic rings. The molecule has 0 saturated carbocycles. The molecule has 0 fully saturated rings. The average molecular weight is 346 g/mol. The zero-order valence-corrected chi connectivity index (χ0v) is 14.6. The monoisotopic (exact) mass is 346 g/mol. The minimum absolute atomic E-state index is 0.287. The summed E-state index contributed by atoms with van der Waals surface area (Å²) in [7, 11) is 0. The van der Waals surface area contributed by atoms with E-state index in [2.05, 4.69) is 0 Å². The van der Waals surface area contributed by atoms with E-state index in [0.717, 1.165) is 25.7 Å². The summed E-state index contributed by atoms with van der Waals surface area (Å²) in [5.74, 6) is -0.574. The van der Waals surface area contributed by atoms with Crippen molar-refractivity contribution < 1.29 is 19.1 Å². The number of nitrogens with two attached hydrogens (primary N) is 4. The maximum absolute atomic E-state index is 11.5. The van der Waals surface area contributed by atoms with Crippen molar-refractivity contribution in [2.45, 2.75) is 76.7 Å². The van der Waals surface area contributed by atoms with Crippen molar-refractivity contribution in [1.82, 2.24) is 0 Å². The zero-order chi connectivity index (χ0) is 18.2. The maximum Gasteiger partial charge on any atom is 0.307 e. The van der Waals surface area contributed by atoms with Crippen LogP contribution in [-0.2, 0) is 19.1 Å². The smallest absolute Gasteiger partial charge is 0.307 e. The van der Waals surface area contributed by atoms with E-state index in [9.17, 15) is 9.59 Å². The van der Waals surface area contributed by atoms with Gasteiger partial charge in [-0.1, -0.05) is 12.8 Å². The van der Waals surface area contributed by atoms with Crippen LogP contribution >= 0.6 is 0 Å². The lowest BCUT2D eigenvalue weighted by Gasteiger charge is -2.13. The summed E-state index contributed by atoms with van der Waals surface area (Å²) in [4.78, 5) is 23.1. The molecule has 0 aromatic heterocycles. The fraction of sp³-hybridized carbons (Fsp3) is 0.875. The molecule has 0 spiro atoms. The van der Waals surface area contributed by atoms with Crippen LogP contribution in [0.4, 0.5) is 0 Å². The molecule has 0 saturated heterocycles. The van der Waals surface area contributed by atoms with Gasteiger partial charge in [0.15, 0.2) is 12.5 Å². The molecular weight excluding hydrogens is 312 g/mol. The van der Waals surface area contributed by atoms with E-state index in [1.54, 1.807) is 0 Å². The summed E-state index contributed by atoms with van der Waals surface area (Å²) in [6.45, 7) is 1.07. The van der Waals surface area contributed by atoms with Crippen molar-refractivity contribution in [3.05, 3.63) is 0 Å². The van der Waals surface area contributed by atoms with E-state index in [-0.39, 0.29) is 11.9 Å². The van der Waals surface area contributed by atoms with E-state index >= 15 is 0 Å². The molecule has 0 rings (SSSR count). The van der Waals surface area contributed by atoms with Crippen LogP contribution in [0.15, 0.2) is 0 Å². The molecule has 2 unspecified atom stereocenters. The second-order valence-electron chi connectivity index (χ2n) is 5.83. The molecule has 8 heteroatoms. The molecule has 2 atom stereocenters. The normalized spacial score (nSPS) is 13.3. The molecule has 24 heavy (non-hydrogen) atoms. The summed E-state index contributed by atoms with van der Waals surface area (Å²) >= 11 is 0. The van der Waals surface area contributed by atoms with E-state index in [1.807, 2.05) is 0 Å². The first-order valence-electron chi connectivity index (χ1n) is 8.79. The van der Waals surface area contributed by atoms with Gasteiger partial charge in [-0.05, 0) is 51.6 Å². The van der Waals surface area contributed by atoms with Crippen molar-refractivity contribution in [2.75, 3.05) is 13.1 Å². The van der Waals surface area contributed by atoms with Crippen LogP contribution in [0.5, 0.6) is 0 Å². The van der Waals surface area contributed by atoms with Gasteiger partial charge in [0.05, 0.1) is 0 Å². The van der Waals surface area contributed by atoms with E-state index in [4.69, 9.17) is 32.4 Å². The van der Waals surface area contributed by atoms with Crippen molar-refractivity contribution >= 4 is 11.9 Å². The Morgan fingerprint density at radius 2 is 1.04 bits per heavy atom. The number of rotatable bonds is 15. The van der Waals surface area contributed by atoms with Gasteiger partial charge >= 0.3 is 11.9 Å². The van der Waals surface area contributed by atoms with Gasteiger partial charge in [0.25, 0.3) is 0 Å². The first-order chi connectivity index (χ1) is 11.5. The minimum atomic E-state index is -0.570. The van der Waals surface area contributed by atoms with Crippen LogP contribution in [0.25, 0.3) is 0 Å².